The van der Waals surface area contributed by atoms with Gasteiger partial charge >= 0.3 is 6.03 Å². The van der Waals surface area contributed by atoms with Crippen molar-refractivity contribution in [1.29, 1.82) is 0 Å². The van der Waals surface area contributed by atoms with Crippen molar-refractivity contribution < 1.29 is 9.59 Å². The van der Waals surface area contributed by atoms with Crippen LogP contribution in [0.3, 0.4) is 0 Å². The molecule has 6 heteroatoms. The van der Waals surface area contributed by atoms with Gasteiger partial charge in [0.05, 0.1) is 6.04 Å². The average molecular weight is 284 g/mol. The third kappa shape index (κ3) is 5.09. The van der Waals surface area contributed by atoms with Crippen LogP contribution in [0.4, 0.5) is 4.79 Å². The summed E-state index contributed by atoms with van der Waals surface area (Å²) in [6.45, 7) is 6.84. The first-order valence-electron chi connectivity index (χ1n) is 7.59. The molecule has 0 bridgehead atoms. The number of likely N-dealkylation sites (tertiary alicyclic amines) is 1. The van der Waals surface area contributed by atoms with E-state index in [1.807, 2.05) is 6.92 Å². The van der Waals surface area contributed by atoms with E-state index in [2.05, 4.69) is 27.8 Å². The molecule has 3 amide bonds. The van der Waals surface area contributed by atoms with E-state index >= 15 is 0 Å². The van der Waals surface area contributed by atoms with Crippen LogP contribution in [-0.2, 0) is 4.79 Å². The number of imide groups is 1. The summed E-state index contributed by atoms with van der Waals surface area (Å²) in [5, 5.41) is 8.20. The molecule has 1 aliphatic rings. The van der Waals surface area contributed by atoms with Gasteiger partial charge in [-0.15, -0.1) is 0 Å². The first-order valence-corrected chi connectivity index (χ1v) is 7.59. The van der Waals surface area contributed by atoms with Gasteiger partial charge in [-0.3, -0.25) is 15.0 Å². The monoisotopic (exact) mass is 284 g/mol. The highest BCUT2D eigenvalue weighted by Gasteiger charge is 2.30. The molecule has 3 N–H and O–H groups in total. The lowest BCUT2D eigenvalue weighted by molar-refractivity contribution is -0.126. The van der Waals surface area contributed by atoms with Crippen molar-refractivity contribution in [2.24, 2.45) is 0 Å². The maximum absolute atomic E-state index is 12.1. The SMILES string of the molecule is CCCNCC1CCCCN1C(C)C(=O)NC(=O)NC. The first-order chi connectivity index (χ1) is 9.60. The normalized spacial score (nSPS) is 21.2. The zero-order valence-corrected chi connectivity index (χ0v) is 12.9. The van der Waals surface area contributed by atoms with Gasteiger partial charge in [-0.25, -0.2) is 4.79 Å². The van der Waals surface area contributed by atoms with Gasteiger partial charge in [-0.1, -0.05) is 13.3 Å². The summed E-state index contributed by atoms with van der Waals surface area (Å²) in [4.78, 5) is 25.5. The van der Waals surface area contributed by atoms with Crippen molar-refractivity contribution in [3.8, 4) is 0 Å². The zero-order valence-electron chi connectivity index (χ0n) is 12.9. The Labute approximate surface area is 121 Å². The maximum atomic E-state index is 12.1. The molecule has 0 radical (unpaired) electrons. The van der Waals surface area contributed by atoms with E-state index in [0.717, 1.165) is 38.9 Å². The molecule has 0 spiro atoms. The molecule has 1 rings (SSSR count). The highest BCUT2D eigenvalue weighted by molar-refractivity contribution is 5.96. The lowest BCUT2D eigenvalue weighted by Crippen LogP contribution is -2.55. The molecule has 116 valence electrons. The number of hydrogen-bond acceptors (Lipinski definition) is 4. The van der Waals surface area contributed by atoms with Gasteiger partial charge < -0.3 is 10.6 Å². The highest BCUT2D eigenvalue weighted by Crippen LogP contribution is 2.19. The van der Waals surface area contributed by atoms with Crippen LogP contribution in [0.2, 0.25) is 0 Å². The number of rotatable bonds is 6. The lowest BCUT2D eigenvalue weighted by atomic mass is 9.99. The number of piperidine rings is 1. The van der Waals surface area contributed by atoms with Crippen LogP contribution in [-0.4, -0.2) is 55.6 Å². The Balaban J connectivity index is 2.54. The number of amides is 3. The van der Waals surface area contributed by atoms with Crippen molar-refractivity contribution >= 4 is 11.9 Å². The molecule has 0 aromatic heterocycles. The Bertz CT molecular complexity index is 322. The Morgan fingerprint density at radius 3 is 2.75 bits per heavy atom. The third-order valence-electron chi connectivity index (χ3n) is 3.82. The van der Waals surface area contributed by atoms with Gasteiger partial charge in [-0.2, -0.15) is 0 Å². The van der Waals surface area contributed by atoms with Gasteiger partial charge in [0.15, 0.2) is 0 Å². The number of urea groups is 1. The van der Waals surface area contributed by atoms with E-state index in [4.69, 9.17) is 0 Å². The predicted molar refractivity (Wildman–Crippen MR) is 79.6 cm³/mol. The largest absolute Gasteiger partial charge is 0.341 e. The van der Waals surface area contributed by atoms with Crippen molar-refractivity contribution in [2.45, 2.75) is 51.6 Å². The minimum absolute atomic E-state index is 0.230. The molecule has 2 unspecified atom stereocenters. The number of nitrogens with one attached hydrogen (secondary N) is 3. The Hall–Kier alpha value is -1.14. The van der Waals surface area contributed by atoms with E-state index in [1.54, 1.807) is 0 Å². The van der Waals surface area contributed by atoms with Crippen LogP contribution in [0.15, 0.2) is 0 Å². The van der Waals surface area contributed by atoms with Crippen LogP contribution in [0.1, 0.15) is 39.5 Å². The molecule has 2 atom stereocenters. The van der Waals surface area contributed by atoms with Crippen molar-refractivity contribution in [3.63, 3.8) is 0 Å². The predicted octanol–water partition coefficient (Wildman–Crippen LogP) is 0.685. The van der Waals surface area contributed by atoms with Crippen LogP contribution in [0.5, 0.6) is 0 Å². The van der Waals surface area contributed by atoms with Gasteiger partial charge in [0.25, 0.3) is 0 Å². The Kier molecular flexibility index (Phi) is 7.54. The number of carbonyl (C=O) groups excluding carboxylic acids is 2. The summed E-state index contributed by atoms with van der Waals surface area (Å²) in [6.07, 6.45) is 4.54. The third-order valence-corrected chi connectivity index (χ3v) is 3.82. The van der Waals surface area contributed by atoms with Gasteiger partial charge in [0.1, 0.15) is 0 Å². The second-order valence-corrected chi connectivity index (χ2v) is 5.34. The molecule has 6 nitrogen and oxygen atoms in total. The van der Waals surface area contributed by atoms with Crippen LogP contribution in [0, 0.1) is 0 Å². The van der Waals surface area contributed by atoms with E-state index in [1.165, 1.54) is 13.5 Å². The lowest BCUT2D eigenvalue weighted by Gasteiger charge is -2.39. The molecule has 0 aromatic rings. The highest BCUT2D eigenvalue weighted by atomic mass is 16.2. The second kappa shape index (κ2) is 8.92. The van der Waals surface area contributed by atoms with E-state index in [-0.39, 0.29) is 11.9 Å². The summed E-state index contributed by atoms with van der Waals surface area (Å²) in [5.41, 5.74) is 0. The first kappa shape index (κ1) is 16.9. The van der Waals surface area contributed by atoms with E-state index < -0.39 is 6.03 Å². The second-order valence-electron chi connectivity index (χ2n) is 5.34. The summed E-state index contributed by atoms with van der Waals surface area (Å²) < 4.78 is 0. The molecule has 0 aliphatic carbocycles. The average Bonchev–Trinajstić information content (AvgIpc) is 2.47. The number of carbonyl (C=O) groups is 2. The van der Waals surface area contributed by atoms with Crippen LogP contribution >= 0.6 is 0 Å². The minimum atomic E-state index is -0.445. The van der Waals surface area contributed by atoms with Crippen molar-refractivity contribution in [2.75, 3.05) is 26.7 Å². The Morgan fingerprint density at radius 2 is 2.10 bits per heavy atom. The molecule has 1 fully saturated rings. The smallest absolute Gasteiger partial charge is 0.321 e. The maximum Gasteiger partial charge on any atom is 0.321 e. The minimum Gasteiger partial charge on any atom is -0.341 e. The topological polar surface area (TPSA) is 73.5 Å². The zero-order chi connectivity index (χ0) is 15.0. The standard InChI is InChI=1S/C14H28N4O2/c1-4-8-16-10-12-7-5-6-9-18(12)11(2)13(19)17-14(20)15-3/h11-12,16H,4-10H2,1-3H3,(H2,15,17,19,20). The molecule has 20 heavy (non-hydrogen) atoms. The van der Waals surface area contributed by atoms with Crippen molar-refractivity contribution in [1.82, 2.24) is 20.9 Å². The fourth-order valence-electron chi connectivity index (χ4n) is 2.63. The fraction of sp³-hybridized carbons (Fsp3) is 0.857. The molecule has 1 aliphatic heterocycles. The fourth-order valence-corrected chi connectivity index (χ4v) is 2.63. The molecule has 0 saturated carbocycles. The quantitative estimate of drug-likeness (QED) is 0.627. The number of hydrogen-bond donors (Lipinski definition) is 3. The van der Waals surface area contributed by atoms with Crippen molar-refractivity contribution in [3.05, 3.63) is 0 Å². The molecule has 1 saturated heterocycles. The summed E-state index contributed by atoms with van der Waals surface area (Å²) in [7, 11) is 1.51. The van der Waals surface area contributed by atoms with Gasteiger partial charge in [0, 0.05) is 19.6 Å². The molecule has 0 aromatic carbocycles. The molecular weight excluding hydrogens is 256 g/mol. The summed E-state index contributed by atoms with van der Waals surface area (Å²) >= 11 is 0. The van der Waals surface area contributed by atoms with Crippen LogP contribution < -0.4 is 16.0 Å². The number of nitrogens with zero attached hydrogens (tertiary/aromatic N) is 1. The van der Waals surface area contributed by atoms with Crippen LogP contribution in [0.25, 0.3) is 0 Å². The molecular formula is C14H28N4O2. The molecule has 1 heterocycles. The van der Waals surface area contributed by atoms with E-state index in [0.29, 0.717) is 6.04 Å². The van der Waals surface area contributed by atoms with Gasteiger partial charge in [0.2, 0.25) is 5.91 Å². The van der Waals surface area contributed by atoms with E-state index in [9.17, 15) is 9.59 Å². The van der Waals surface area contributed by atoms with Gasteiger partial charge in [-0.05, 0) is 39.3 Å². The summed E-state index contributed by atoms with van der Waals surface area (Å²) in [6, 6.07) is -0.346. The summed E-state index contributed by atoms with van der Waals surface area (Å²) in [5.74, 6) is -0.230. The Morgan fingerprint density at radius 1 is 1.35 bits per heavy atom.